The molecule has 0 saturated heterocycles. The predicted octanol–water partition coefficient (Wildman–Crippen LogP) is 5.34. The molecule has 0 spiro atoms. The second-order valence-electron chi connectivity index (χ2n) is 5.30. The van der Waals surface area contributed by atoms with Crippen molar-refractivity contribution in [3.63, 3.8) is 0 Å². The number of allylic oxidation sites excluding steroid dienone is 2. The molecular formula is C15H28. The van der Waals surface area contributed by atoms with Gasteiger partial charge in [0.15, 0.2) is 0 Å². The minimum absolute atomic E-state index is 0.956. The average molecular weight is 208 g/mol. The molecule has 1 unspecified atom stereocenters. The highest BCUT2D eigenvalue weighted by Gasteiger charge is 2.16. The van der Waals surface area contributed by atoms with Gasteiger partial charge in [-0.05, 0) is 37.5 Å². The Hall–Kier alpha value is -0.260. The Labute approximate surface area is 96.2 Å². The molecule has 1 fully saturated rings. The van der Waals surface area contributed by atoms with Gasteiger partial charge < -0.3 is 0 Å². The lowest BCUT2D eigenvalue weighted by molar-refractivity contribution is 0.457. The van der Waals surface area contributed by atoms with Crippen LogP contribution in [0, 0.1) is 11.8 Å². The standard InChI is InChI=1S/C15H28/c1-3-9-14(2)10-7-5-4-6-8-11-15-12-13-15/h8,11,14-15H,3-7,9-10,12-13H2,1-2H3. The van der Waals surface area contributed by atoms with E-state index in [1.807, 2.05) is 0 Å². The zero-order valence-corrected chi connectivity index (χ0v) is 10.7. The van der Waals surface area contributed by atoms with E-state index in [9.17, 15) is 0 Å². The molecule has 1 atom stereocenters. The highest BCUT2D eigenvalue weighted by atomic mass is 14.2. The van der Waals surface area contributed by atoms with Crippen molar-refractivity contribution >= 4 is 0 Å². The van der Waals surface area contributed by atoms with E-state index in [-0.39, 0.29) is 0 Å². The van der Waals surface area contributed by atoms with Crippen molar-refractivity contribution in [1.82, 2.24) is 0 Å². The van der Waals surface area contributed by atoms with E-state index in [2.05, 4.69) is 26.0 Å². The van der Waals surface area contributed by atoms with Gasteiger partial charge in [-0.1, -0.05) is 58.1 Å². The van der Waals surface area contributed by atoms with Crippen LogP contribution in [0.1, 0.15) is 71.6 Å². The summed E-state index contributed by atoms with van der Waals surface area (Å²) in [6, 6.07) is 0. The predicted molar refractivity (Wildman–Crippen MR) is 69.0 cm³/mol. The van der Waals surface area contributed by atoms with Gasteiger partial charge in [-0.3, -0.25) is 0 Å². The lowest BCUT2D eigenvalue weighted by Crippen LogP contribution is -1.93. The SMILES string of the molecule is CCCC(C)CCCCCC=CC1CC1. The van der Waals surface area contributed by atoms with E-state index in [0.29, 0.717) is 0 Å². The van der Waals surface area contributed by atoms with Gasteiger partial charge in [0, 0.05) is 0 Å². The first-order valence-electron chi connectivity index (χ1n) is 6.99. The maximum absolute atomic E-state index is 2.43. The van der Waals surface area contributed by atoms with Crippen LogP contribution in [-0.2, 0) is 0 Å². The molecule has 15 heavy (non-hydrogen) atoms. The second kappa shape index (κ2) is 7.96. The number of hydrogen-bond donors (Lipinski definition) is 0. The molecule has 0 amide bonds. The van der Waals surface area contributed by atoms with Crippen LogP contribution >= 0.6 is 0 Å². The molecule has 0 aromatic heterocycles. The van der Waals surface area contributed by atoms with Crippen molar-refractivity contribution < 1.29 is 0 Å². The first-order chi connectivity index (χ1) is 7.33. The van der Waals surface area contributed by atoms with Gasteiger partial charge in [0.2, 0.25) is 0 Å². The second-order valence-corrected chi connectivity index (χ2v) is 5.30. The molecule has 0 aliphatic heterocycles. The molecule has 0 bridgehead atoms. The van der Waals surface area contributed by atoms with E-state index < -0.39 is 0 Å². The Morgan fingerprint density at radius 1 is 1.13 bits per heavy atom. The smallest absolute Gasteiger partial charge is 0.0233 e. The van der Waals surface area contributed by atoms with Gasteiger partial charge in [0.1, 0.15) is 0 Å². The van der Waals surface area contributed by atoms with Gasteiger partial charge >= 0.3 is 0 Å². The molecule has 0 nitrogen and oxygen atoms in total. The molecule has 1 aliphatic carbocycles. The van der Waals surface area contributed by atoms with Crippen molar-refractivity contribution in [1.29, 1.82) is 0 Å². The first-order valence-corrected chi connectivity index (χ1v) is 6.99. The van der Waals surface area contributed by atoms with Crippen LogP contribution in [0.4, 0.5) is 0 Å². The molecule has 0 radical (unpaired) electrons. The summed E-state index contributed by atoms with van der Waals surface area (Å²) < 4.78 is 0. The number of rotatable bonds is 9. The largest absolute Gasteiger partial charge is 0.0883 e. The molecule has 1 aliphatic rings. The van der Waals surface area contributed by atoms with Gasteiger partial charge in [-0.15, -0.1) is 0 Å². The summed E-state index contributed by atoms with van der Waals surface area (Å²) in [6.45, 7) is 4.69. The minimum Gasteiger partial charge on any atom is -0.0883 e. The maximum Gasteiger partial charge on any atom is -0.0233 e. The summed E-state index contributed by atoms with van der Waals surface area (Å²) in [4.78, 5) is 0. The van der Waals surface area contributed by atoms with Crippen LogP contribution in [0.2, 0.25) is 0 Å². The molecule has 0 heterocycles. The highest BCUT2D eigenvalue weighted by molar-refractivity contribution is 4.95. The fraction of sp³-hybridized carbons (Fsp3) is 0.867. The van der Waals surface area contributed by atoms with E-state index in [0.717, 1.165) is 11.8 Å². The Balaban J connectivity index is 1.79. The maximum atomic E-state index is 2.43. The molecule has 1 saturated carbocycles. The summed E-state index contributed by atoms with van der Waals surface area (Å²) >= 11 is 0. The van der Waals surface area contributed by atoms with Gasteiger partial charge in [-0.2, -0.15) is 0 Å². The van der Waals surface area contributed by atoms with E-state index in [1.54, 1.807) is 0 Å². The average Bonchev–Trinajstić information content (AvgIpc) is 3.00. The van der Waals surface area contributed by atoms with Crippen LogP contribution in [0.5, 0.6) is 0 Å². The van der Waals surface area contributed by atoms with Crippen LogP contribution in [0.3, 0.4) is 0 Å². The van der Waals surface area contributed by atoms with Gasteiger partial charge in [0.05, 0.1) is 0 Å². The Morgan fingerprint density at radius 3 is 2.60 bits per heavy atom. The number of hydrogen-bond acceptors (Lipinski definition) is 0. The Morgan fingerprint density at radius 2 is 1.93 bits per heavy atom. The summed E-state index contributed by atoms with van der Waals surface area (Å²) in [5, 5.41) is 0. The van der Waals surface area contributed by atoms with Crippen molar-refractivity contribution in [3.05, 3.63) is 12.2 Å². The molecule has 0 aromatic carbocycles. The Bertz CT molecular complexity index is 165. The van der Waals surface area contributed by atoms with Crippen molar-refractivity contribution in [2.24, 2.45) is 11.8 Å². The molecule has 0 N–H and O–H groups in total. The summed E-state index contributed by atoms with van der Waals surface area (Å²) in [5.74, 6) is 1.92. The fourth-order valence-electron chi connectivity index (χ4n) is 2.15. The molecule has 88 valence electrons. The van der Waals surface area contributed by atoms with Crippen molar-refractivity contribution in [2.45, 2.75) is 71.6 Å². The van der Waals surface area contributed by atoms with Gasteiger partial charge in [0.25, 0.3) is 0 Å². The van der Waals surface area contributed by atoms with Gasteiger partial charge in [-0.25, -0.2) is 0 Å². The quantitative estimate of drug-likeness (QED) is 0.354. The summed E-state index contributed by atoms with van der Waals surface area (Å²) in [7, 11) is 0. The summed E-state index contributed by atoms with van der Waals surface area (Å²) in [5.41, 5.74) is 0. The topological polar surface area (TPSA) is 0 Å². The lowest BCUT2D eigenvalue weighted by Gasteiger charge is -2.08. The van der Waals surface area contributed by atoms with E-state index >= 15 is 0 Å². The number of unbranched alkanes of at least 4 members (excludes halogenated alkanes) is 3. The van der Waals surface area contributed by atoms with Crippen molar-refractivity contribution in [3.8, 4) is 0 Å². The third-order valence-electron chi connectivity index (χ3n) is 3.38. The van der Waals surface area contributed by atoms with Crippen LogP contribution in [0.15, 0.2) is 12.2 Å². The monoisotopic (exact) mass is 208 g/mol. The minimum atomic E-state index is 0.956. The zero-order chi connectivity index (χ0) is 10.9. The Kier molecular flexibility index (Phi) is 6.80. The third kappa shape index (κ3) is 7.64. The van der Waals surface area contributed by atoms with Crippen LogP contribution < -0.4 is 0 Å². The molecule has 0 aromatic rings. The molecule has 0 heteroatoms. The van der Waals surface area contributed by atoms with Crippen LogP contribution in [-0.4, -0.2) is 0 Å². The fourth-order valence-corrected chi connectivity index (χ4v) is 2.15. The molecule has 1 rings (SSSR count). The summed E-state index contributed by atoms with van der Waals surface area (Å²) in [6.07, 6.45) is 17.6. The first kappa shape index (κ1) is 12.8. The highest BCUT2D eigenvalue weighted by Crippen LogP contribution is 2.30. The van der Waals surface area contributed by atoms with E-state index in [4.69, 9.17) is 0 Å². The van der Waals surface area contributed by atoms with Crippen LogP contribution in [0.25, 0.3) is 0 Å². The third-order valence-corrected chi connectivity index (χ3v) is 3.38. The zero-order valence-electron chi connectivity index (χ0n) is 10.7. The molecular weight excluding hydrogens is 180 g/mol. The van der Waals surface area contributed by atoms with Crippen molar-refractivity contribution in [2.75, 3.05) is 0 Å². The van der Waals surface area contributed by atoms with E-state index in [1.165, 1.54) is 57.8 Å². The normalized spacial score (nSPS) is 18.5. The lowest BCUT2D eigenvalue weighted by atomic mass is 9.98.